The van der Waals surface area contributed by atoms with Gasteiger partial charge in [0.25, 0.3) is 0 Å². The lowest BCUT2D eigenvalue weighted by Gasteiger charge is -2.31. The van der Waals surface area contributed by atoms with Gasteiger partial charge in [0.2, 0.25) is 5.91 Å². The third kappa shape index (κ3) is 1.58. The summed E-state index contributed by atoms with van der Waals surface area (Å²) in [6, 6.07) is 0. The lowest BCUT2D eigenvalue weighted by atomic mass is 9.81. The Morgan fingerprint density at radius 2 is 1.80 bits per heavy atom. The fraction of sp³-hybridized carbons (Fsp3) is 0.833. The van der Waals surface area contributed by atoms with Gasteiger partial charge in [0, 0.05) is 19.4 Å². The van der Waals surface area contributed by atoms with Crippen LogP contribution in [0.25, 0.3) is 0 Å². The molecule has 84 valence electrons. The van der Waals surface area contributed by atoms with E-state index >= 15 is 0 Å². The Kier molecular flexibility index (Phi) is 2.18. The molecule has 0 aliphatic carbocycles. The second-order valence-corrected chi connectivity index (χ2v) is 5.86. The number of amides is 1. The average Bonchev–Trinajstić information content (AvgIpc) is 2.43. The number of ketones is 1. The molecule has 0 saturated carbocycles. The average molecular weight is 209 g/mol. The first kappa shape index (κ1) is 10.7. The summed E-state index contributed by atoms with van der Waals surface area (Å²) in [5.41, 5.74) is -0.660. The minimum Gasteiger partial charge on any atom is -0.330 e. The Hall–Kier alpha value is -0.860. The van der Waals surface area contributed by atoms with Gasteiger partial charge in [-0.2, -0.15) is 0 Å². The number of carbonyl (C=O) groups excluding carboxylic acids is 2. The number of fused-ring (bicyclic) bond motifs is 1. The summed E-state index contributed by atoms with van der Waals surface area (Å²) >= 11 is 0. The largest absolute Gasteiger partial charge is 0.330 e. The first-order chi connectivity index (χ1) is 6.85. The Bertz CT molecular complexity index is 322. The van der Waals surface area contributed by atoms with Gasteiger partial charge in [-0.25, -0.2) is 0 Å². The van der Waals surface area contributed by atoms with E-state index in [1.54, 1.807) is 0 Å². The lowest BCUT2D eigenvalue weighted by molar-refractivity contribution is -0.140. The Labute approximate surface area is 90.8 Å². The van der Waals surface area contributed by atoms with Crippen molar-refractivity contribution in [2.75, 3.05) is 6.54 Å². The summed E-state index contributed by atoms with van der Waals surface area (Å²) in [6.45, 7) is 6.71. The number of nitrogens with zero attached hydrogens (tertiary/aromatic N) is 1. The zero-order valence-corrected chi connectivity index (χ0v) is 9.80. The van der Waals surface area contributed by atoms with E-state index in [1.165, 1.54) is 0 Å². The van der Waals surface area contributed by atoms with Crippen LogP contribution in [-0.2, 0) is 9.59 Å². The van der Waals surface area contributed by atoms with E-state index in [4.69, 9.17) is 0 Å². The number of rotatable bonds is 0. The van der Waals surface area contributed by atoms with Crippen molar-refractivity contribution >= 4 is 11.7 Å². The molecule has 2 saturated heterocycles. The molecule has 1 amide bonds. The zero-order chi connectivity index (χ0) is 11.3. The maximum Gasteiger partial charge on any atom is 0.223 e. The molecule has 0 aromatic carbocycles. The molecule has 0 radical (unpaired) electrons. The van der Waals surface area contributed by atoms with E-state index in [2.05, 4.69) is 0 Å². The number of hydrogen-bond acceptors (Lipinski definition) is 2. The van der Waals surface area contributed by atoms with Crippen molar-refractivity contribution in [3.8, 4) is 0 Å². The predicted molar refractivity (Wildman–Crippen MR) is 57.4 cm³/mol. The second-order valence-electron chi connectivity index (χ2n) is 5.86. The second kappa shape index (κ2) is 3.06. The maximum absolute atomic E-state index is 12.2. The van der Waals surface area contributed by atoms with Gasteiger partial charge in [0.1, 0.15) is 0 Å². The quantitative estimate of drug-likeness (QED) is 0.609. The fourth-order valence-electron chi connectivity index (χ4n) is 2.85. The van der Waals surface area contributed by atoms with E-state index < -0.39 is 5.54 Å². The molecular weight excluding hydrogens is 190 g/mol. The molecule has 2 rings (SSSR count). The van der Waals surface area contributed by atoms with Crippen LogP contribution in [0.3, 0.4) is 0 Å². The van der Waals surface area contributed by atoms with Crippen LogP contribution >= 0.6 is 0 Å². The van der Waals surface area contributed by atoms with Gasteiger partial charge in [-0.1, -0.05) is 13.8 Å². The summed E-state index contributed by atoms with van der Waals surface area (Å²) in [5.74, 6) is 0.404. The van der Waals surface area contributed by atoms with Crippen LogP contribution in [0.1, 0.15) is 46.5 Å². The molecule has 2 fully saturated rings. The van der Waals surface area contributed by atoms with Crippen LogP contribution in [0.2, 0.25) is 0 Å². The van der Waals surface area contributed by atoms with Crippen LogP contribution in [0, 0.1) is 5.41 Å². The smallest absolute Gasteiger partial charge is 0.223 e. The van der Waals surface area contributed by atoms with Crippen molar-refractivity contribution < 1.29 is 9.59 Å². The van der Waals surface area contributed by atoms with Crippen molar-refractivity contribution in [3.63, 3.8) is 0 Å². The molecule has 15 heavy (non-hydrogen) atoms. The van der Waals surface area contributed by atoms with Gasteiger partial charge in [-0.05, 0) is 25.2 Å². The van der Waals surface area contributed by atoms with Gasteiger partial charge >= 0.3 is 0 Å². The van der Waals surface area contributed by atoms with E-state index in [0.717, 1.165) is 19.4 Å². The van der Waals surface area contributed by atoms with E-state index in [-0.39, 0.29) is 17.1 Å². The normalized spacial score (nSPS) is 35.3. The fourth-order valence-corrected chi connectivity index (χ4v) is 2.85. The summed E-state index contributed by atoms with van der Waals surface area (Å²) in [5, 5.41) is 0. The van der Waals surface area contributed by atoms with E-state index in [9.17, 15) is 9.59 Å². The van der Waals surface area contributed by atoms with Crippen molar-refractivity contribution in [1.82, 2.24) is 4.90 Å². The maximum atomic E-state index is 12.2. The van der Waals surface area contributed by atoms with Crippen LogP contribution < -0.4 is 0 Å². The van der Waals surface area contributed by atoms with Gasteiger partial charge in [-0.15, -0.1) is 0 Å². The standard InChI is InChI=1S/C12H19NO2/c1-11(2)7-9(14)12(3)5-4-6-13(12)10(15)8-11/h4-8H2,1-3H3. The topological polar surface area (TPSA) is 37.4 Å². The number of carbonyl (C=O) groups is 2. The summed E-state index contributed by atoms with van der Waals surface area (Å²) in [4.78, 5) is 26.0. The third-order valence-corrected chi connectivity index (χ3v) is 3.81. The van der Waals surface area contributed by atoms with Crippen molar-refractivity contribution in [1.29, 1.82) is 0 Å². The summed E-state index contributed by atoms with van der Waals surface area (Å²) in [7, 11) is 0. The summed E-state index contributed by atoms with van der Waals surface area (Å²) < 4.78 is 0. The van der Waals surface area contributed by atoms with E-state index in [0.29, 0.717) is 12.8 Å². The minimum absolute atomic E-state index is 0.158. The number of hydrogen-bond donors (Lipinski definition) is 0. The van der Waals surface area contributed by atoms with Crippen LogP contribution in [0.15, 0.2) is 0 Å². The highest BCUT2D eigenvalue weighted by molar-refractivity contribution is 5.95. The molecule has 1 unspecified atom stereocenters. The van der Waals surface area contributed by atoms with Gasteiger partial charge in [0.15, 0.2) is 5.78 Å². The molecule has 0 spiro atoms. The molecule has 0 bridgehead atoms. The molecule has 2 heterocycles. The highest BCUT2D eigenvalue weighted by Crippen LogP contribution is 2.40. The van der Waals surface area contributed by atoms with Crippen molar-refractivity contribution in [3.05, 3.63) is 0 Å². The number of Topliss-reactive ketones (excluding diaryl/α,β-unsaturated/α-hetero) is 1. The van der Waals surface area contributed by atoms with E-state index in [1.807, 2.05) is 25.7 Å². The summed E-state index contributed by atoms with van der Waals surface area (Å²) in [6.07, 6.45) is 2.85. The molecule has 0 aromatic rings. The Morgan fingerprint density at radius 3 is 2.47 bits per heavy atom. The van der Waals surface area contributed by atoms with Crippen molar-refractivity contribution in [2.45, 2.75) is 52.0 Å². The minimum atomic E-state index is -0.495. The van der Waals surface area contributed by atoms with Crippen LogP contribution in [0.5, 0.6) is 0 Å². The monoisotopic (exact) mass is 209 g/mol. The molecule has 1 atom stereocenters. The van der Waals surface area contributed by atoms with Crippen molar-refractivity contribution in [2.24, 2.45) is 5.41 Å². The first-order valence-corrected chi connectivity index (χ1v) is 5.69. The van der Waals surface area contributed by atoms with Crippen LogP contribution in [-0.4, -0.2) is 28.7 Å². The highest BCUT2D eigenvalue weighted by Gasteiger charge is 2.49. The molecule has 3 nitrogen and oxygen atoms in total. The molecule has 3 heteroatoms. The zero-order valence-electron chi connectivity index (χ0n) is 9.80. The van der Waals surface area contributed by atoms with Crippen LogP contribution in [0.4, 0.5) is 0 Å². The lowest BCUT2D eigenvalue weighted by Crippen LogP contribution is -2.49. The SMILES string of the molecule is CC1(C)CC(=O)N2CCCC2(C)C(=O)C1. The molecular formula is C12H19NO2. The molecule has 2 aliphatic rings. The first-order valence-electron chi connectivity index (χ1n) is 5.69. The molecule has 2 aliphatic heterocycles. The Balaban J connectivity index is 2.38. The predicted octanol–water partition coefficient (Wildman–Crippen LogP) is 1.76. The Morgan fingerprint density at radius 1 is 1.13 bits per heavy atom. The molecule has 0 aromatic heterocycles. The van der Waals surface area contributed by atoms with Gasteiger partial charge in [0.05, 0.1) is 5.54 Å². The molecule has 0 N–H and O–H groups in total. The van der Waals surface area contributed by atoms with Gasteiger partial charge < -0.3 is 4.90 Å². The van der Waals surface area contributed by atoms with Gasteiger partial charge in [-0.3, -0.25) is 9.59 Å². The highest BCUT2D eigenvalue weighted by atomic mass is 16.2. The third-order valence-electron chi connectivity index (χ3n) is 3.81.